The van der Waals surface area contributed by atoms with Crippen molar-refractivity contribution >= 4 is 16.7 Å². The van der Waals surface area contributed by atoms with Crippen LogP contribution in [0.5, 0.6) is 0 Å². The van der Waals surface area contributed by atoms with Gasteiger partial charge in [-0.25, -0.2) is 9.97 Å². The molecular weight excluding hydrogens is 198 g/mol. The maximum Gasteiger partial charge on any atom is 0.200 e. The largest absolute Gasteiger partial charge is 0.356 e. The molecule has 0 saturated carbocycles. The van der Waals surface area contributed by atoms with Crippen LogP contribution in [0.1, 0.15) is 19.3 Å². The van der Waals surface area contributed by atoms with Crippen LogP contribution in [0.15, 0.2) is 24.3 Å². The Morgan fingerprint density at radius 3 is 2.69 bits per heavy atom. The van der Waals surface area contributed by atoms with Crippen LogP contribution in [-0.4, -0.2) is 23.1 Å². The fourth-order valence-corrected chi connectivity index (χ4v) is 2.29. The molecule has 3 nitrogen and oxygen atoms in total. The van der Waals surface area contributed by atoms with Crippen LogP contribution < -0.4 is 4.90 Å². The van der Waals surface area contributed by atoms with E-state index in [1.165, 1.54) is 19.3 Å². The first kappa shape index (κ1) is 9.58. The standard InChI is InChI=1S/C13H14N3/c1-4-8-16(9-5-1)13-11-6-2-3-7-12(11)14-10-15-13/h2-3,6-7H,1,4-5,8-9H2. The summed E-state index contributed by atoms with van der Waals surface area (Å²) in [5.74, 6) is 1.05. The van der Waals surface area contributed by atoms with Crippen LogP contribution in [0.25, 0.3) is 10.9 Å². The molecule has 1 aliphatic heterocycles. The van der Waals surface area contributed by atoms with Gasteiger partial charge in [0.15, 0.2) is 6.33 Å². The lowest BCUT2D eigenvalue weighted by Crippen LogP contribution is -2.30. The van der Waals surface area contributed by atoms with Gasteiger partial charge in [0.25, 0.3) is 0 Å². The lowest BCUT2D eigenvalue weighted by molar-refractivity contribution is 0.574. The summed E-state index contributed by atoms with van der Waals surface area (Å²) in [5.41, 5.74) is 0.984. The zero-order chi connectivity index (χ0) is 10.8. The fourth-order valence-electron chi connectivity index (χ4n) is 2.29. The van der Waals surface area contributed by atoms with Crippen molar-refractivity contribution in [1.82, 2.24) is 9.97 Å². The molecular formula is C13H14N3. The number of para-hydroxylation sites is 1. The highest BCUT2D eigenvalue weighted by molar-refractivity contribution is 5.89. The molecule has 1 aromatic heterocycles. The van der Waals surface area contributed by atoms with Crippen molar-refractivity contribution < 1.29 is 0 Å². The van der Waals surface area contributed by atoms with E-state index in [4.69, 9.17) is 0 Å². The average molecular weight is 212 g/mol. The summed E-state index contributed by atoms with van der Waals surface area (Å²) in [6.45, 7) is 2.21. The van der Waals surface area contributed by atoms with Gasteiger partial charge < -0.3 is 4.90 Å². The van der Waals surface area contributed by atoms with Crippen LogP contribution in [0.3, 0.4) is 0 Å². The molecule has 2 heterocycles. The summed E-state index contributed by atoms with van der Waals surface area (Å²) in [6.07, 6.45) is 6.62. The highest BCUT2D eigenvalue weighted by Crippen LogP contribution is 2.24. The summed E-state index contributed by atoms with van der Waals surface area (Å²) in [5, 5.41) is 1.14. The SMILES string of the molecule is [c]1nc(N2CCCCC2)c2ccccc2n1. The molecule has 1 radical (unpaired) electrons. The molecule has 0 aliphatic carbocycles. The van der Waals surface area contributed by atoms with E-state index in [0.717, 1.165) is 29.8 Å². The van der Waals surface area contributed by atoms with Gasteiger partial charge in [-0.05, 0) is 31.4 Å². The van der Waals surface area contributed by atoms with Gasteiger partial charge in [0.05, 0.1) is 5.52 Å². The minimum Gasteiger partial charge on any atom is -0.356 e. The number of aromatic nitrogens is 2. The van der Waals surface area contributed by atoms with Crippen molar-refractivity contribution in [2.45, 2.75) is 19.3 Å². The molecule has 3 rings (SSSR count). The third-order valence-electron chi connectivity index (χ3n) is 3.13. The van der Waals surface area contributed by atoms with Gasteiger partial charge >= 0.3 is 0 Å². The predicted molar refractivity (Wildman–Crippen MR) is 64.4 cm³/mol. The molecule has 1 saturated heterocycles. The lowest BCUT2D eigenvalue weighted by atomic mass is 10.1. The maximum atomic E-state index is 4.32. The molecule has 81 valence electrons. The van der Waals surface area contributed by atoms with E-state index >= 15 is 0 Å². The molecule has 2 aromatic rings. The first-order valence-electron chi connectivity index (χ1n) is 5.83. The zero-order valence-corrected chi connectivity index (χ0v) is 9.19. The number of hydrogen-bond acceptors (Lipinski definition) is 3. The smallest absolute Gasteiger partial charge is 0.200 e. The third kappa shape index (κ3) is 1.62. The highest BCUT2D eigenvalue weighted by Gasteiger charge is 2.14. The van der Waals surface area contributed by atoms with Crippen molar-refractivity contribution in [3.05, 3.63) is 30.6 Å². The Labute approximate surface area is 95.1 Å². The molecule has 3 heteroatoms. The predicted octanol–water partition coefficient (Wildman–Crippen LogP) is 2.42. The fraction of sp³-hybridized carbons (Fsp3) is 0.385. The molecule has 1 aliphatic rings. The summed E-state index contributed by atoms with van der Waals surface area (Å²) < 4.78 is 0. The van der Waals surface area contributed by atoms with E-state index in [1.54, 1.807) is 0 Å². The third-order valence-corrected chi connectivity index (χ3v) is 3.13. The molecule has 16 heavy (non-hydrogen) atoms. The van der Waals surface area contributed by atoms with E-state index in [-0.39, 0.29) is 0 Å². The van der Waals surface area contributed by atoms with Gasteiger partial charge in [0.1, 0.15) is 5.82 Å². The van der Waals surface area contributed by atoms with E-state index in [0.29, 0.717) is 0 Å². The zero-order valence-electron chi connectivity index (χ0n) is 9.19. The number of benzene rings is 1. The van der Waals surface area contributed by atoms with Gasteiger partial charge in [-0.3, -0.25) is 0 Å². The van der Waals surface area contributed by atoms with E-state index < -0.39 is 0 Å². The van der Waals surface area contributed by atoms with Crippen molar-refractivity contribution in [3.63, 3.8) is 0 Å². The second-order valence-corrected chi connectivity index (χ2v) is 4.21. The first-order chi connectivity index (χ1) is 7.95. The normalized spacial score (nSPS) is 16.6. The Bertz CT molecular complexity index is 484. The molecule has 0 spiro atoms. The van der Waals surface area contributed by atoms with E-state index in [1.807, 2.05) is 18.2 Å². The van der Waals surface area contributed by atoms with Gasteiger partial charge in [0.2, 0.25) is 0 Å². The molecule has 0 bridgehead atoms. The van der Waals surface area contributed by atoms with Crippen molar-refractivity contribution in [3.8, 4) is 0 Å². The number of fused-ring (bicyclic) bond motifs is 1. The monoisotopic (exact) mass is 212 g/mol. The Morgan fingerprint density at radius 1 is 1.00 bits per heavy atom. The van der Waals surface area contributed by atoms with Gasteiger partial charge in [-0.15, -0.1) is 0 Å². The summed E-state index contributed by atoms with van der Waals surface area (Å²) in [6, 6.07) is 8.15. The second kappa shape index (κ2) is 4.08. The number of hydrogen-bond donors (Lipinski definition) is 0. The topological polar surface area (TPSA) is 29.0 Å². The number of piperidine rings is 1. The quantitative estimate of drug-likeness (QED) is 0.727. The Balaban J connectivity index is 2.08. The lowest BCUT2D eigenvalue weighted by Gasteiger charge is -2.28. The highest BCUT2D eigenvalue weighted by atomic mass is 15.2. The molecule has 0 amide bonds. The van der Waals surface area contributed by atoms with E-state index in [2.05, 4.69) is 27.3 Å². The first-order valence-corrected chi connectivity index (χ1v) is 5.83. The Kier molecular flexibility index (Phi) is 2.44. The summed E-state index contributed by atoms with van der Waals surface area (Å²) in [4.78, 5) is 10.8. The minimum atomic E-state index is 0.984. The second-order valence-electron chi connectivity index (χ2n) is 4.21. The summed E-state index contributed by atoms with van der Waals surface area (Å²) >= 11 is 0. The van der Waals surface area contributed by atoms with Crippen LogP contribution in [0.4, 0.5) is 5.82 Å². The summed E-state index contributed by atoms with van der Waals surface area (Å²) in [7, 11) is 0. The molecule has 1 aromatic carbocycles. The molecule has 1 fully saturated rings. The Hall–Kier alpha value is -1.64. The maximum absolute atomic E-state index is 4.32. The van der Waals surface area contributed by atoms with Crippen LogP contribution >= 0.6 is 0 Å². The van der Waals surface area contributed by atoms with Crippen molar-refractivity contribution in [2.75, 3.05) is 18.0 Å². The Morgan fingerprint density at radius 2 is 1.81 bits per heavy atom. The van der Waals surface area contributed by atoms with Crippen LogP contribution in [0.2, 0.25) is 0 Å². The van der Waals surface area contributed by atoms with Crippen LogP contribution in [0, 0.1) is 6.33 Å². The van der Waals surface area contributed by atoms with Gasteiger partial charge in [-0.2, -0.15) is 0 Å². The minimum absolute atomic E-state index is 0.984. The molecule has 0 atom stereocenters. The van der Waals surface area contributed by atoms with Gasteiger partial charge in [-0.1, -0.05) is 12.1 Å². The average Bonchev–Trinajstić information content (AvgIpc) is 2.39. The molecule has 0 unspecified atom stereocenters. The van der Waals surface area contributed by atoms with Crippen LogP contribution in [-0.2, 0) is 0 Å². The van der Waals surface area contributed by atoms with Gasteiger partial charge in [0, 0.05) is 18.5 Å². The number of anilines is 1. The number of rotatable bonds is 1. The molecule has 0 N–H and O–H groups in total. The van der Waals surface area contributed by atoms with Crippen molar-refractivity contribution in [1.29, 1.82) is 0 Å². The number of nitrogens with zero attached hydrogens (tertiary/aromatic N) is 3. The van der Waals surface area contributed by atoms with E-state index in [9.17, 15) is 0 Å². The van der Waals surface area contributed by atoms with Crippen molar-refractivity contribution in [2.24, 2.45) is 0 Å².